The van der Waals surface area contributed by atoms with E-state index in [1.807, 2.05) is 0 Å². The second-order valence-corrected chi connectivity index (χ2v) is 14.5. The maximum absolute atomic E-state index is 5.40. The zero-order valence-corrected chi connectivity index (χ0v) is 30.3. The number of nitrogens with one attached hydrogen (secondary N) is 1. The van der Waals surface area contributed by atoms with Gasteiger partial charge in [-0.15, -0.1) is 0 Å². The summed E-state index contributed by atoms with van der Waals surface area (Å²) in [6.07, 6.45) is -0.279. The van der Waals surface area contributed by atoms with Crippen molar-refractivity contribution in [3.05, 3.63) is 205 Å². The lowest BCUT2D eigenvalue weighted by Gasteiger charge is -2.39. The second-order valence-electron chi connectivity index (χ2n) is 14.5. The SMILES string of the molecule is CN1C(c2cccc(-n3c4cc5c(cc4c4c6ccccc6ccc43)c3ccccc3n5-c3ccccc3)c2)N=C(c2ccccc2)NC1c1ccccc1. The van der Waals surface area contributed by atoms with Crippen molar-refractivity contribution in [3.8, 4) is 11.4 Å². The number of para-hydroxylation sites is 2. The van der Waals surface area contributed by atoms with Crippen LogP contribution in [0.1, 0.15) is 29.0 Å². The van der Waals surface area contributed by atoms with E-state index in [-0.39, 0.29) is 12.3 Å². The number of nitrogens with zero attached hydrogens (tertiary/aromatic N) is 4. The molecule has 0 saturated heterocycles. The largest absolute Gasteiger partial charge is 0.350 e. The highest BCUT2D eigenvalue weighted by molar-refractivity contribution is 6.25. The minimum atomic E-state index is -0.220. The molecule has 55 heavy (non-hydrogen) atoms. The van der Waals surface area contributed by atoms with E-state index in [0.717, 1.165) is 28.3 Å². The standard InChI is InChI=1S/C50H37N5/c1-53-49(35-19-7-3-8-20-35)51-48(34-17-5-2-6-18-34)52-50(53)36-21-15-24-38(30-36)55-44-29-28-33-16-11-12-25-39(33)47(44)42-31-41-40-26-13-14-27-43(40)54(45(41)32-46(42)55)37-22-9-4-10-23-37/h2-32,49-50H,1H3,(H,51,52). The molecule has 0 fully saturated rings. The number of hydrogen-bond acceptors (Lipinski definition) is 3. The Morgan fingerprint density at radius 3 is 1.91 bits per heavy atom. The first-order valence-corrected chi connectivity index (χ1v) is 18.9. The molecule has 2 atom stereocenters. The highest BCUT2D eigenvalue weighted by Gasteiger charge is 2.31. The van der Waals surface area contributed by atoms with Gasteiger partial charge >= 0.3 is 0 Å². The van der Waals surface area contributed by atoms with Gasteiger partial charge in [-0.2, -0.15) is 0 Å². The maximum atomic E-state index is 5.40. The summed E-state index contributed by atoms with van der Waals surface area (Å²) in [5.74, 6) is 0.891. The molecule has 0 saturated carbocycles. The van der Waals surface area contributed by atoms with Crippen molar-refractivity contribution in [2.45, 2.75) is 12.3 Å². The Balaban J connectivity index is 1.17. The summed E-state index contributed by atoms with van der Waals surface area (Å²) in [4.78, 5) is 7.73. The lowest BCUT2D eigenvalue weighted by molar-refractivity contribution is 0.152. The van der Waals surface area contributed by atoms with Crippen LogP contribution in [0, 0.1) is 0 Å². The van der Waals surface area contributed by atoms with Gasteiger partial charge in [0.15, 0.2) is 0 Å². The quantitative estimate of drug-likeness (QED) is 0.193. The van der Waals surface area contributed by atoms with Crippen LogP contribution in [-0.2, 0) is 0 Å². The van der Waals surface area contributed by atoms with Gasteiger partial charge < -0.3 is 14.5 Å². The molecule has 5 nitrogen and oxygen atoms in total. The van der Waals surface area contributed by atoms with Gasteiger partial charge in [0, 0.05) is 38.5 Å². The molecule has 2 aromatic heterocycles. The Labute approximate surface area is 319 Å². The van der Waals surface area contributed by atoms with Crippen LogP contribution in [0.15, 0.2) is 193 Å². The first-order chi connectivity index (χ1) is 27.2. The fourth-order valence-electron chi connectivity index (χ4n) is 8.85. The summed E-state index contributed by atoms with van der Waals surface area (Å²) >= 11 is 0. The van der Waals surface area contributed by atoms with Gasteiger partial charge in [0.25, 0.3) is 0 Å². The highest BCUT2D eigenvalue weighted by Crippen LogP contribution is 2.42. The molecule has 1 aliphatic heterocycles. The Morgan fingerprint density at radius 1 is 0.455 bits per heavy atom. The van der Waals surface area contributed by atoms with Gasteiger partial charge in [0.1, 0.15) is 18.2 Å². The van der Waals surface area contributed by atoms with Crippen LogP contribution in [0.5, 0.6) is 0 Å². The molecular formula is C50H37N5. The van der Waals surface area contributed by atoms with E-state index in [4.69, 9.17) is 4.99 Å². The minimum Gasteiger partial charge on any atom is -0.350 e. The molecule has 8 aromatic carbocycles. The fraction of sp³-hybridized carbons (Fsp3) is 0.0600. The van der Waals surface area contributed by atoms with E-state index in [1.165, 1.54) is 59.9 Å². The zero-order chi connectivity index (χ0) is 36.5. The minimum absolute atomic E-state index is 0.0599. The third-order valence-electron chi connectivity index (χ3n) is 11.4. The average Bonchev–Trinajstić information content (AvgIpc) is 3.76. The molecule has 0 bridgehead atoms. The third-order valence-corrected chi connectivity index (χ3v) is 11.4. The third kappa shape index (κ3) is 5.01. The van der Waals surface area contributed by atoms with Gasteiger partial charge in [0.2, 0.25) is 0 Å². The molecule has 5 heteroatoms. The molecule has 2 unspecified atom stereocenters. The Morgan fingerprint density at radius 2 is 1.09 bits per heavy atom. The molecular weight excluding hydrogens is 671 g/mol. The summed E-state index contributed by atoms with van der Waals surface area (Å²) in [6.45, 7) is 0. The molecule has 10 aromatic rings. The Bertz CT molecular complexity index is 3090. The molecule has 1 aliphatic rings. The van der Waals surface area contributed by atoms with Crippen molar-refractivity contribution in [1.29, 1.82) is 0 Å². The molecule has 0 radical (unpaired) electrons. The molecule has 11 rings (SSSR count). The second kappa shape index (κ2) is 12.6. The molecule has 3 heterocycles. The summed E-state index contributed by atoms with van der Waals surface area (Å²) in [7, 11) is 2.17. The van der Waals surface area contributed by atoms with E-state index >= 15 is 0 Å². The smallest absolute Gasteiger partial charge is 0.132 e. The van der Waals surface area contributed by atoms with E-state index in [0.29, 0.717) is 0 Å². The number of amidine groups is 1. The fourth-order valence-corrected chi connectivity index (χ4v) is 8.85. The van der Waals surface area contributed by atoms with Crippen molar-refractivity contribution in [2.24, 2.45) is 4.99 Å². The summed E-state index contributed by atoms with van der Waals surface area (Å²) in [5, 5.41) is 11.3. The van der Waals surface area contributed by atoms with Crippen LogP contribution in [0.25, 0.3) is 65.8 Å². The summed E-state index contributed by atoms with van der Waals surface area (Å²) < 4.78 is 4.87. The number of aromatic nitrogens is 2. The number of fused-ring (bicyclic) bond motifs is 8. The Hall–Kier alpha value is -6.95. The van der Waals surface area contributed by atoms with Crippen molar-refractivity contribution in [3.63, 3.8) is 0 Å². The topological polar surface area (TPSA) is 37.5 Å². The van der Waals surface area contributed by atoms with Gasteiger partial charge in [0.05, 0.1) is 22.1 Å². The molecule has 0 spiro atoms. The highest BCUT2D eigenvalue weighted by atomic mass is 15.4. The predicted molar refractivity (Wildman–Crippen MR) is 228 cm³/mol. The lowest BCUT2D eigenvalue weighted by atomic mass is 10.0. The monoisotopic (exact) mass is 707 g/mol. The van der Waals surface area contributed by atoms with Crippen molar-refractivity contribution < 1.29 is 0 Å². The number of rotatable bonds is 5. The van der Waals surface area contributed by atoms with Gasteiger partial charge in [-0.1, -0.05) is 140 Å². The first kappa shape index (κ1) is 31.6. The van der Waals surface area contributed by atoms with Gasteiger partial charge in [-0.25, -0.2) is 4.99 Å². The summed E-state index contributed by atoms with van der Waals surface area (Å²) in [5.41, 5.74) is 10.4. The average molecular weight is 708 g/mol. The number of hydrogen-bond donors (Lipinski definition) is 1. The van der Waals surface area contributed by atoms with Crippen LogP contribution in [0.3, 0.4) is 0 Å². The molecule has 0 aliphatic carbocycles. The molecule has 262 valence electrons. The predicted octanol–water partition coefficient (Wildman–Crippen LogP) is 11.7. The summed E-state index contributed by atoms with van der Waals surface area (Å²) in [6, 6.07) is 67.8. The first-order valence-electron chi connectivity index (χ1n) is 18.9. The van der Waals surface area contributed by atoms with Crippen LogP contribution >= 0.6 is 0 Å². The Kier molecular flexibility index (Phi) is 7.22. The zero-order valence-electron chi connectivity index (χ0n) is 30.3. The van der Waals surface area contributed by atoms with Crippen molar-refractivity contribution >= 4 is 60.2 Å². The number of aliphatic imine (C=N–C) groups is 1. The van der Waals surface area contributed by atoms with E-state index < -0.39 is 0 Å². The van der Waals surface area contributed by atoms with E-state index in [2.05, 4.69) is 214 Å². The van der Waals surface area contributed by atoms with E-state index in [9.17, 15) is 0 Å². The van der Waals surface area contributed by atoms with Crippen LogP contribution < -0.4 is 5.32 Å². The van der Waals surface area contributed by atoms with Crippen molar-refractivity contribution in [2.75, 3.05) is 7.05 Å². The van der Waals surface area contributed by atoms with Crippen LogP contribution in [0.2, 0.25) is 0 Å². The molecule has 1 N–H and O–H groups in total. The van der Waals surface area contributed by atoms with Crippen LogP contribution in [0.4, 0.5) is 0 Å². The molecule has 0 amide bonds. The lowest BCUT2D eigenvalue weighted by Crippen LogP contribution is -2.45. The van der Waals surface area contributed by atoms with Gasteiger partial charge in [-0.05, 0) is 77.5 Å². The van der Waals surface area contributed by atoms with Crippen LogP contribution in [-0.4, -0.2) is 26.9 Å². The van der Waals surface area contributed by atoms with Crippen molar-refractivity contribution in [1.82, 2.24) is 19.4 Å². The normalized spacial score (nSPS) is 16.3. The number of benzene rings is 8. The van der Waals surface area contributed by atoms with Gasteiger partial charge in [-0.3, -0.25) is 4.90 Å². The maximum Gasteiger partial charge on any atom is 0.132 e. The van der Waals surface area contributed by atoms with E-state index in [1.54, 1.807) is 0 Å².